The standard InChI is InChI=1S/C28H42N4O5/c1-6-18-32(26(35)22(16-17-23(29)33)31-27(36)37-28(3,4)5)24(21-15-11-10-12-19(21)2)25(34)30-20-13-8-7-9-14-20/h6,10-12,15,20,22,24H,1,7-9,13-14,16-18H2,2-5H3,(H2,29,33)(H,30,34)(H,31,36). The Bertz CT molecular complexity index is 966. The molecule has 0 saturated heterocycles. The first-order chi connectivity index (χ1) is 17.4. The van der Waals surface area contributed by atoms with Crippen molar-refractivity contribution >= 4 is 23.8 Å². The zero-order valence-electron chi connectivity index (χ0n) is 22.5. The number of nitrogens with zero attached hydrogens (tertiary/aromatic N) is 1. The van der Waals surface area contributed by atoms with Gasteiger partial charge < -0.3 is 26.0 Å². The molecule has 2 unspecified atom stereocenters. The summed E-state index contributed by atoms with van der Waals surface area (Å²) in [7, 11) is 0. The van der Waals surface area contributed by atoms with Crippen molar-refractivity contribution < 1.29 is 23.9 Å². The van der Waals surface area contributed by atoms with Gasteiger partial charge in [-0.3, -0.25) is 14.4 Å². The third kappa shape index (κ3) is 9.55. The van der Waals surface area contributed by atoms with Gasteiger partial charge >= 0.3 is 6.09 Å². The lowest BCUT2D eigenvalue weighted by molar-refractivity contribution is -0.142. The first-order valence-electron chi connectivity index (χ1n) is 13.0. The molecular weight excluding hydrogens is 472 g/mol. The number of aryl methyl sites for hydroxylation is 1. The fraction of sp³-hybridized carbons (Fsp3) is 0.571. The molecule has 0 bridgehead atoms. The highest BCUT2D eigenvalue weighted by atomic mass is 16.6. The molecule has 2 rings (SSSR count). The lowest BCUT2D eigenvalue weighted by Crippen LogP contribution is -2.54. The molecule has 1 saturated carbocycles. The summed E-state index contributed by atoms with van der Waals surface area (Å²) in [4.78, 5) is 53.2. The third-order valence-corrected chi connectivity index (χ3v) is 6.27. The van der Waals surface area contributed by atoms with Crippen molar-refractivity contribution in [3.63, 3.8) is 0 Å². The number of alkyl carbamates (subject to hydrolysis) is 1. The molecule has 0 aliphatic heterocycles. The summed E-state index contributed by atoms with van der Waals surface area (Å²) >= 11 is 0. The zero-order chi connectivity index (χ0) is 27.6. The van der Waals surface area contributed by atoms with Crippen LogP contribution in [0.5, 0.6) is 0 Å². The fourth-order valence-corrected chi connectivity index (χ4v) is 4.53. The number of benzene rings is 1. The molecule has 9 heteroatoms. The maximum absolute atomic E-state index is 13.9. The quantitative estimate of drug-likeness (QED) is 0.388. The minimum Gasteiger partial charge on any atom is -0.444 e. The average molecular weight is 515 g/mol. The minimum atomic E-state index is -1.13. The number of nitrogens with two attached hydrogens (primary N) is 1. The van der Waals surface area contributed by atoms with Gasteiger partial charge in [-0.25, -0.2) is 4.79 Å². The van der Waals surface area contributed by atoms with Gasteiger partial charge in [-0.2, -0.15) is 0 Å². The molecule has 0 radical (unpaired) electrons. The van der Waals surface area contributed by atoms with Crippen LogP contribution >= 0.6 is 0 Å². The maximum atomic E-state index is 13.9. The molecular formula is C28H42N4O5. The summed E-state index contributed by atoms with van der Waals surface area (Å²) in [6.07, 6.45) is 5.60. The molecule has 1 aromatic rings. The van der Waals surface area contributed by atoms with Crippen molar-refractivity contribution in [2.75, 3.05) is 6.54 Å². The van der Waals surface area contributed by atoms with E-state index in [0.717, 1.165) is 37.7 Å². The highest BCUT2D eigenvalue weighted by Gasteiger charge is 2.37. The number of hydrogen-bond acceptors (Lipinski definition) is 5. The molecule has 0 spiro atoms. The van der Waals surface area contributed by atoms with Crippen LogP contribution in [-0.4, -0.2) is 52.9 Å². The second-order valence-electron chi connectivity index (χ2n) is 10.6. The number of primary amides is 1. The number of carbonyl (C=O) groups excluding carboxylic acids is 4. The van der Waals surface area contributed by atoms with Crippen molar-refractivity contribution in [1.29, 1.82) is 0 Å². The maximum Gasteiger partial charge on any atom is 0.408 e. The van der Waals surface area contributed by atoms with E-state index in [0.29, 0.717) is 5.56 Å². The smallest absolute Gasteiger partial charge is 0.408 e. The van der Waals surface area contributed by atoms with Crippen molar-refractivity contribution in [2.24, 2.45) is 5.73 Å². The van der Waals surface area contributed by atoms with Crippen LogP contribution in [0.4, 0.5) is 4.79 Å². The largest absolute Gasteiger partial charge is 0.444 e. The highest BCUT2D eigenvalue weighted by Crippen LogP contribution is 2.27. The summed E-state index contributed by atoms with van der Waals surface area (Å²) in [5.74, 6) is -1.43. The van der Waals surface area contributed by atoms with Crippen molar-refractivity contribution in [1.82, 2.24) is 15.5 Å². The summed E-state index contributed by atoms with van der Waals surface area (Å²) in [6.45, 7) is 10.9. The summed E-state index contributed by atoms with van der Waals surface area (Å²) in [5, 5.41) is 5.73. The van der Waals surface area contributed by atoms with Crippen molar-refractivity contribution in [2.45, 2.75) is 96.4 Å². The molecule has 1 aliphatic carbocycles. The summed E-state index contributed by atoms with van der Waals surface area (Å²) in [5.41, 5.74) is 6.08. The molecule has 2 atom stereocenters. The van der Waals surface area contributed by atoms with Gasteiger partial charge in [0.1, 0.15) is 17.7 Å². The number of ether oxygens (including phenoxy) is 1. The molecule has 1 fully saturated rings. The average Bonchev–Trinajstić information content (AvgIpc) is 2.81. The van der Waals surface area contributed by atoms with Crippen LogP contribution in [0, 0.1) is 6.92 Å². The lowest BCUT2D eigenvalue weighted by Gasteiger charge is -2.35. The molecule has 4 amide bonds. The second-order valence-corrected chi connectivity index (χ2v) is 10.6. The Hall–Kier alpha value is -3.36. The van der Waals surface area contributed by atoms with E-state index >= 15 is 0 Å². The van der Waals surface area contributed by atoms with Gasteiger partial charge in [0.25, 0.3) is 0 Å². The molecule has 9 nitrogen and oxygen atoms in total. The van der Waals surface area contributed by atoms with Gasteiger partial charge in [-0.15, -0.1) is 6.58 Å². The zero-order valence-corrected chi connectivity index (χ0v) is 22.5. The molecule has 204 valence electrons. The molecule has 0 aromatic heterocycles. The Morgan fingerprint density at radius 2 is 1.81 bits per heavy atom. The van der Waals surface area contributed by atoms with Crippen LogP contribution < -0.4 is 16.4 Å². The highest BCUT2D eigenvalue weighted by molar-refractivity contribution is 5.93. The minimum absolute atomic E-state index is 0.0359. The Morgan fingerprint density at radius 3 is 2.38 bits per heavy atom. The lowest BCUT2D eigenvalue weighted by atomic mass is 9.93. The number of nitrogens with one attached hydrogen (secondary N) is 2. The predicted molar refractivity (Wildman–Crippen MR) is 142 cm³/mol. The van der Waals surface area contributed by atoms with Gasteiger partial charge in [0.15, 0.2) is 0 Å². The van der Waals surface area contributed by atoms with Gasteiger partial charge in [0, 0.05) is 19.0 Å². The van der Waals surface area contributed by atoms with Gasteiger partial charge in [-0.05, 0) is 58.1 Å². The Morgan fingerprint density at radius 1 is 1.16 bits per heavy atom. The topological polar surface area (TPSA) is 131 Å². The fourth-order valence-electron chi connectivity index (χ4n) is 4.53. The Kier molecular flexibility index (Phi) is 11.1. The molecule has 1 aliphatic rings. The summed E-state index contributed by atoms with van der Waals surface area (Å²) < 4.78 is 5.34. The van der Waals surface area contributed by atoms with Gasteiger partial charge in [-0.1, -0.05) is 49.6 Å². The molecule has 37 heavy (non-hydrogen) atoms. The van der Waals surface area contributed by atoms with E-state index in [-0.39, 0.29) is 31.3 Å². The number of carbonyl (C=O) groups is 4. The first-order valence-corrected chi connectivity index (χ1v) is 13.0. The van der Waals surface area contributed by atoms with Crippen LogP contribution in [0.2, 0.25) is 0 Å². The van der Waals surface area contributed by atoms with Crippen LogP contribution in [0.15, 0.2) is 36.9 Å². The van der Waals surface area contributed by atoms with E-state index in [4.69, 9.17) is 10.5 Å². The number of hydrogen-bond donors (Lipinski definition) is 3. The number of rotatable bonds is 11. The van der Waals surface area contributed by atoms with Crippen LogP contribution in [0.3, 0.4) is 0 Å². The van der Waals surface area contributed by atoms with E-state index in [1.54, 1.807) is 20.8 Å². The van der Waals surface area contributed by atoms with E-state index in [2.05, 4.69) is 17.2 Å². The third-order valence-electron chi connectivity index (χ3n) is 6.27. The van der Waals surface area contributed by atoms with E-state index in [1.165, 1.54) is 11.0 Å². The van der Waals surface area contributed by atoms with Gasteiger partial charge in [0.05, 0.1) is 0 Å². The molecule has 0 heterocycles. The van der Waals surface area contributed by atoms with Crippen molar-refractivity contribution in [3.8, 4) is 0 Å². The van der Waals surface area contributed by atoms with E-state index in [1.807, 2.05) is 31.2 Å². The van der Waals surface area contributed by atoms with Crippen LogP contribution in [0.25, 0.3) is 0 Å². The van der Waals surface area contributed by atoms with E-state index in [9.17, 15) is 19.2 Å². The molecule has 4 N–H and O–H groups in total. The van der Waals surface area contributed by atoms with Crippen LogP contribution in [0.1, 0.15) is 82.9 Å². The second kappa shape index (κ2) is 13.8. The predicted octanol–water partition coefficient (Wildman–Crippen LogP) is 3.66. The summed E-state index contributed by atoms with van der Waals surface area (Å²) in [6, 6.07) is 5.36. The SMILES string of the molecule is C=CCN(C(=O)C(CCC(N)=O)NC(=O)OC(C)(C)C)C(C(=O)NC1CCCCC1)c1ccccc1C. The van der Waals surface area contributed by atoms with E-state index < -0.39 is 35.6 Å². The van der Waals surface area contributed by atoms with Crippen molar-refractivity contribution in [3.05, 3.63) is 48.0 Å². The Balaban J connectivity index is 2.44. The molecule has 1 aromatic carbocycles. The normalized spacial score (nSPS) is 15.7. The first kappa shape index (κ1) is 29.9. The van der Waals surface area contributed by atoms with Crippen LogP contribution in [-0.2, 0) is 19.1 Å². The monoisotopic (exact) mass is 514 g/mol. The van der Waals surface area contributed by atoms with Gasteiger partial charge in [0.2, 0.25) is 17.7 Å². The number of amides is 4. The Labute approximate surface area is 220 Å².